The fourth-order valence-electron chi connectivity index (χ4n) is 2.06. The van der Waals surface area contributed by atoms with E-state index in [2.05, 4.69) is 5.32 Å². The van der Waals surface area contributed by atoms with Crippen LogP contribution in [0.1, 0.15) is 5.56 Å². The summed E-state index contributed by atoms with van der Waals surface area (Å²) >= 11 is 11.5. The minimum absolute atomic E-state index is 0.0840. The lowest BCUT2D eigenvalue weighted by Gasteiger charge is -2.17. The van der Waals surface area contributed by atoms with Gasteiger partial charge < -0.3 is 5.32 Å². The number of hydrogen-bond donors (Lipinski definition) is 1. The number of amides is 1. The van der Waals surface area contributed by atoms with E-state index in [1.807, 2.05) is 0 Å². The number of carbonyl (C=O) groups excluding carboxylic acids is 1. The number of benzene rings is 2. The lowest BCUT2D eigenvalue weighted by atomic mass is 10.2. The molecule has 5 nitrogen and oxygen atoms in total. The Bertz CT molecular complexity index is 948. The summed E-state index contributed by atoms with van der Waals surface area (Å²) in [6.45, 7) is -0.627. The molecule has 2 aromatic carbocycles. The van der Waals surface area contributed by atoms with Gasteiger partial charge in [-0.25, -0.2) is 8.42 Å². The first-order valence-electron chi connectivity index (χ1n) is 7.30. The molecule has 0 aromatic heterocycles. The maximum absolute atomic E-state index is 12.8. The molecule has 1 N–H and O–H groups in total. The van der Waals surface area contributed by atoms with Gasteiger partial charge in [0.05, 0.1) is 27.7 Å². The summed E-state index contributed by atoms with van der Waals surface area (Å²) < 4.78 is 63.9. The van der Waals surface area contributed by atoms with Crippen LogP contribution in [0.4, 0.5) is 18.9 Å². The van der Waals surface area contributed by atoms with E-state index in [9.17, 15) is 26.4 Å². The molecular weight excluding hydrogens is 428 g/mol. The van der Waals surface area contributed by atoms with Crippen molar-refractivity contribution in [2.24, 2.45) is 0 Å². The number of nitrogens with one attached hydrogen (secondary N) is 1. The molecule has 0 aliphatic heterocycles. The molecule has 0 aliphatic carbocycles. The SMILES string of the molecule is CN(CC(=O)Nc1cc(C(F)(F)F)ccc1Cl)S(=O)(=O)c1ccc(Cl)cc1. The van der Waals surface area contributed by atoms with E-state index in [0.717, 1.165) is 23.5 Å². The fourth-order valence-corrected chi connectivity index (χ4v) is 3.48. The standard InChI is InChI=1S/C16H13Cl2F3N2O3S/c1-23(27(25,26)12-5-3-11(17)4-6-12)9-15(24)22-14-8-10(16(19,20)21)2-7-13(14)18/h2-8H,9H2,1H3,(H,22,24). The van der Waals surface area contributed by atoms with Crippen LogP contribution in [-0.2, 0) is 21.0 Å². The van der Waals surface area contributed by atoms with Crippen LogP contribution >= 0.6 is 23.2 Å². The first kappa shape index (κ1) is 21.5. The highest BCUT2D eigenvalue weighted by molar-refractivity contribution is 7.89. The number of anilines is 1. The molecule has 0 aliphatic rings. The van der Waals surface area contributed by atoms with E-state index in [1.165, 1.54) is 24.3 Å². The van der Waals surface area contributed by atoms with Crippen LogP contribution in [-0.4, -0.2) is 32.2 Å². The Labute approximate surface area is 163 Å². The molecule has 0 saturated carbocycles. The van der Waals surface area contributed by atoms with Crippen LogP contribution in [0, 0.1) is 0 Å². The predicted molar refractivity (Wildman–Crippen MR) is 96.4 cm³/mol. The first-order valence-corrected chi connectivity index (χ1v) is 9.49. The topological polar surface area (TPSA) is 66.5 Å². The second-order valence-electron chi connectivity index (χ2n) is 5.46. The normalized spacial score (nSPS) is 12.3. The maximum atomic E-state index is 12.8. The molecule has 0 atom stereocenters. The molecule has 0 fully saturated rings. The third kappa shape index (κ3) is 5.35. The van der Waals surface area contributed by atoms with Crippen molar-refractivity contribution in [1.82, 2.24) is 4.31 Å². The van der Waals surface area contributed by atoms with Crippen LogP contribution in [0.3, 0.4) is 0 Å². The van der Waals surface area contributed by atoms with Gasteiger partial charge in [-0.2, -0.15) is 17.5 Å². The predicted octanol–water partition coefficient (Wildman–Crippen LogP) is 4.27. The van der Waals surface area contributed by atoms with E-state index < -0.39 is 34.2 Å². The van der Waals surface area contributed by atoms with Crippen LogP contribution < -0.4 is 5.32 Å². The molecule has 146 valence electrons. The summed E-state index contributed by atoms with van der Waals surface area (Å²) in [4.78, 5) is 12.0. The number of sulfonamides is 1. The summed E-state index contributed by atoms with van der Waals surface area (Å²) in [5, 5.41) is 2.42. The number of carbonyl (C=O) groups is 1. The highest BCUT2D eigenvalue weighted by atomic mass is 35.5. The zero-order valence-electron chi connectivity index (χ0n) is 13.7. The lowest BCUT2D eigenvalue weighted by molar-refractivity contribution is -0.137. The Balaban J connectivity index is 2.14. The number of rotatable bonds is 5. The molecule has 2 rings (SSSR count). The number of nitrogens with zero attached hydrogens (tertiary/aromatic N) is 1. The molecule has 0 heterocycles. The van der Waals surface area contributed by atoms with Crippen molar-refractivity contribution in [1.29, 1.82) is 0 Å². The van der Waals surface area contributed by atoms with Gasteiger partial charge in [0.1, 0.15) is 0 Å². The van der Waals surface area contributed by atoms with Gasteiger partial charge in [-0.05, 0) is 42.5 Å². The van der Waals surface area contributed by atoms with Crippen LogP contribution in [0.15, 0.2) is 47.4 Å². The Morgan fingerprint density at radius 3 is 2.26 bits per heavy atom. The first-order chi connectivity index (χ1) is 12.4. The van der Waals surface area contributed by atoms with Gasteiger partial charge in [0.25, 0.3) is 0 Å². The van der Waals surface area contributed by atoms with E-state index in [1.54, 1.807) is 0 Å². The maximum Gasteiger partial charge on any atom is 0.416 e. The molecular formula is C16H13Cl2F3N2O3S. The van der Waals surface area contributed by atoms with Crippen molar-refractivity contribution >= 4 is 44.8 Å². The smallest absolute Gasteiger partial charge is 0.324 e. The highest BCUT2D eigenvalue weighted by Crippen LogP contribution is 2.33. The van der Waals surface area contributed by atoms with Crippen molar-refractivity contribution in [3.63, 3.8) is 0 Å². The van der Waals surface area contributed by atoms with Gasteiger partial charge >= 0.3 is 6.18 Å². The molecule has 27 heavy (non-hydrogen) atoms. The zero-order valence-corrected chi connectivity index (χ0v) is 16.0. The van der Waals surface area contributed by atoms with E-state index >= 15 is 0 Å². The van der Waals surface area contributed by atoms with Crippen LogP contribution in [0.2, 0.25) is 10.0 Å². The minimum atomic E-state index is -4.61. The second-order valence-corrected chi connectivity index (χ2v) is 8.34. The minimum Gasteiger partial charge on any atom is -0.324 e. The van der Waals surface area contributed by atoms with E-state index in [4.69, 9.17) is 23.2 Å². The molecule has 1 amide bonds. The molecule has 0 spiro atoms. The number of hydrogen-bond acceptors (Lipinski definition) is 3. The quantitative estimate of drug-likeness (QED) is 0.754. The zero-order chi connectivity index (χ0) is 20.4. The van der Waals surface area contributed by atoms with Gasteiger partial charge in [-0.1, -0.05) is 23.2 Å². The Morgan fingerprint density at radius 2 is 1.70 bits per heavy atom. The summed E-state index contributed by atoms with van der Waals surface area (Å²) in [5.41, 5.74) is -1.27. The number of likely N-dealkylation sites (N-methyl/N-ethyl adjacent to an activating group) is 1. The summed E-state index contributed by atoms with van der Waals surface area (Å²) in [6.07, 6.45) is -4.61. The summed E-state index contributed by atoms with van der Waals surface area (Å²) in [7, 11) is -2.82. The van der Waals surface area contributed by atoms with E-state index in [-0.39, 0.29) is 15.6 Å². The summed E-state index contributed by atoms with van der Waals surface area (Å²) in [6, 6.07) is 7.75. The average molecular weight is 441 g/mol. The van der Waals surface area contributed by atoms with E-state index in [0.29, 0.717) is 11.1 Å². The van der Waals surface area contributed by atoms with Crippen molar-refractivity contribution < 1.29 is 26.4 Å². The molecule has 0 saturated heterocycles. The van der Waals surface area contributed by atoms with Gasteiger partial charge in [-0.15, -0.1) is 0 Å². The van der Waals surface area contributed by atoms with Gasteiger partial charge in [0, 0.05) is 12.1 Å². The fraction of sp³-hybridized carbons (Fsp3) is 0.188. The monoisotopic (exact) mass is 440 g/mol. The largest absolute Gasteiger partial charge is 0.416 e. The van der Waals surface area contributed by atoms with Gasteiger partial charge in [0.2, 0.25) is 15.9 Å². The molecule has 11 heteroatoms. The van der Waals surface area contributed by atoms with Crippen molar-refractivity contribution in [3.05, 3.63) is 58.1 Å². The van der Waals surface area contributed by atoms with Gasteiger partial charge in [-0.3, -0.25) is 4.79 Å². The third-order valence-electron chi connectivity index (χ3n) is 3.46. The summed E-state index contributed by atoms with van der Waals surface area (Å²) in [5.74, 6) is -0.851. The van der Waals surface area contributed by atoms with Crippen molar-refractivity contribution in [3.8, 4) is 0 Å². The van der Waals surface area contributed by atoms with Crippen LogP contribution in [0.25, 0.3) is 0 Å². The highest BCUT2D eigenvalue weighted by Gasteiger charge is 2.31. The Morgan fingerprint density at radius 1 is 1.11 bits per heavy atom. The van der Waals surface area contributed by atoms with Crippen molar-refractivity contribution in [2.75, 3.05) is 18.9 Å². The molecule has 2 aromatic rings. The Hall–Kier alpha value is -1.81. The van der Waals surface area contributed by atoms with Crippen LogP contribution in [0.5, 0.6) is 0 Å². The van der Waals surface area contributed by atoms with Crippen molar-refractivity contribution in [2.45, 2.75) is 11.1 Å². The van der Waals surface area contributed by atoms with Gasteiger partial charge in [0.15, 0.2) is 0 Å². The second kappa shape index (κ2) is 8.05. The third-order valence-corrected chi connectivity index (χ3v) is 5.86. The molecule has 0 radical (unpaired) electrons. The number of halogens is 5. The molecule has 0 unspecified atom stereocenters. The average Bonchev–Trinajstić information content (AvgIpc) is 2.56. The Kier molecular flexibility index (Phi) is 6.41. The molecule has 0 bridgehead atoms. The number of alkyl halides is 3. The lowest BCUT2D eigenvalue weighted by Crippen LogP contribution is -2.35.